The number of anilines is 2. The van der Waals surface area contributed by atoms with Crippen molar-refractivity contribution in [2.24, 2.45) is 0 Å². The van der Waals surface area contributed by atoms with Crippen LogP contribution in [0.4, 0.5) is 11.4 Å². The lowest BCUT2D eigenvalue weighted by atomic mass is 9.94. The van der Waals surface area contributed by atoms with Crippen molar-refractivity contribution in [3.05, 3.63) is 59.2 Å². The van der Waals surface area contributed by atoms with Gasteiger partial charge in [0.05, 0.1) is 0 Å². The standard InChI is InChI=1S/C17H17NO2/c1-12-7-8-15-10-14-5-3-4-6-16(14)18(17(15)9-12)13(2)20-11-19/h3-9,11,13H,10H2,1-2H3. The Bertz CT molecular complexity index is 651. The third kappa shape index (κ3) is 2.05. The van der Waals surface area contributed by atoms with Crippen LogP contribution < -0.4 is 4.90 Å². The van der Waals surface area contributed by atoms with Gasteiger partial charge in [0.2, 0.25) is 0 Å². The van der Waals surface area contributed by atoms with E-state index in [0.717, 1.165) is 17.8 Å². The fourth-order valence-electron chi connectivity index (χ4n) is 2.81. The van der Waals surface area contributed by atoms with Gasteiger partial charge in [-0.2, -0.15) is 0 Å². The first kappa shape index (κ1) is 12.7. The monoisotopic (exact) mass is 267 g/mol. The predicted molar refractivity (Wildman–Crippen MR) is 79.2 cm³/mol. The molecule has 0 N–H and O–H groups in total. The van der Waals surface area contributed by atoms with E-state index in [0.29, 0.717) is 6.47 Å². The summed E-state index contributed by atoms with van der Waals surface area (Å²) in [6.45, 7) is 4.48. The number of para-hydroxylation sites is 1. The van der Waals surface area contributed by atoms with Crippen LogP contribution in [0.15, 0.2) is 42.5 Å². The van der Waals surface area contributed by atoms with Crippen molar-refractivity contribution in [1.82, 2.24) is 0 Å². The summed E-state index contributed by atoms with van der Waals surface area (Å²) in [6, 6.07) is 14.7. The maximum atomic E-state index is 10.7. The van der Waals surface area contributed by atoms with E-state index < -0.39 is 0 Å². The van der Waals surface area contributed by atoms with Crippen molar-refractivity contribution in [2.45, 2.75) is 26.5 Å². The van der Waals surface area contributed by atoms with E-state index in [1.54, 1.807) is 0 Å². The molecule has 0 amide bonds. The molecule has 1 aliphatic heterocycles. The van der Waals surface area contributed by atoms with E-state index in [1.807, 2.05) is 19.1 Å². The number of rotatable bonds is 3. The highest BCUT2D eigenvalue weighted by atomic mass is 16.5. The summed E-state index contributed by atoms with van der Waals surface area (Å²) in [4.78, 5) is 12.8. The number of ether oxygens (including phenoxy) is 1. The minimum atomic E-state index is -0.325. The topological polar surface area (TPSA) is 29.5 Å². The zero-order chi connectivity index (χ0) is 14.1. The number of benzene rings is 2. The molecule has 0 saturated heterocycles. The second kappa shape index (κ2) is 5.00. The molecule has 1 heterocycles. The van der Waals surface area contributed by atoms with Gasteiger partial charge in [-0.15, -0.1) is 0 Å². The Labute approximate surface area is 118 Å². The molecule has 0 spiro atoms. The van der Waals surface area contributed by atoms with Crippen molar-refractivity contribution in [3.8, 4) is 0 Å². The summed E-state index contributed by atoms with van der Waals surface area (Å²) < 4.78 is 5.18. The van der Waals surface area contributed by atoms with E-state index in [1.165, 1.54) is 16.7 Å². The maximum Gasteiger partial charge on any atom is 0.295 e. The first-order valence-electron chi connectivity index (χ1n) is 6.76. The van der Waals surface area contributed by atoms with Crippen LogP contribution in [-0.2, 0) is 16.0 Å². The van der Waals surface area contributed by atoms with Crippen molar-refractivity contribution < 1.29 is 9.53 Å². The zero-order valence-corrected chi connectivity index (χ0v) is 11.7. The molecule has 1 unspecified atom stereocenters. The molecule has 3 heteroatoms. The van der Waals surface area contributed by atoms with Gasteiger partial charge in [0.15, 0.2) is 6.23 Å². The van der Waals surface area contributed by atoms with E-state index in [4.69, 9.17) is 4.74 Å². The lowest BCUT2D eigenvalue weighted by molar-refractivity contribution is -0.132. The van der Waals surface area contributed by atoms with Gasteiger partial charge in [-0.3, -0.25) is 4.79 Å². The number of aryl methyl sites for hydroxylation is 1. The number of carbonyl (C=O) groups is 1. The van der Waals surface area contributed by atoms with Crippen LogP contribution in [-0.4, -0.2) is 12.7 Å². The summed E-state index contributed by atoms with van der Waals surface area (Å²) in [5, 5.41) is 0. The Balaban J connectivity index is 2.15. The van der Waals surface area contributed by atoms with Crippen LogP contribution in [0, 0.1) is 6.92 Å². The van der Waals surface area contributed by atoms with Crippen molar-refractivity contribution in [2.75, 3.05) is 4.90 Å². The Kier molecular flexibility index (Phi) is 3.18. The van der Waals surface area contributed by atoms with E-state index in [2.05, 4.69) is 42.2 Å². The van der Waals surface area contributed by atoms with Gasteiger partial charge in [-0.1, -0.05) is 30.3 Å². The molecule has 3 nitrogen and oxygen atoms in total. The molecular formula is C17H17NO2. The van der Waals surface area contributed by atoms with E-state index in [9.17, 15) is 4.79 Å². The molecule has 0 aromatic heterocycles. The number of hydrogen-bond donors (Lipinski definition) is 0. The molecule has 20 heavy (non-hydrogen) atoms. The lowest BCUT2D eigenvalue weighted by Crippen LogP contribution is -2.34. The number of carbonyl (C=O) groups excluding carboxylic acids is 1. The van der Waals surface area contributed by atoms with Crippen molar-refractivity contribution in [1.29, 1.82) is 0 Å². The smallest absolute Gasteiger partial charge is 0.295 e. The summed E-state index contributed by atoms with van der Waals surface area (Å²) in [7, 11) is 0. The minimum absolute atomic E-state index is 0.325. The minimum Gasteiger partial charge on any atom is -0.444 e. The molecule has 0 fully saturated rings. The maximum absolute atomic E-state index is 10.7. The molecule has 102 valence electrons. The molecule has 0 bridgehead atoms. The summed E-state index contributed by atoms with van der Waals surface area (Å²) in [6.07, 6.45) is 0.588. The molecule has 3 rings (SSSR count). The van der Waals surface area contributed by atoms with Crippen LogP contribution in [0.25, 0.3) is 0 Å². The van der Waals surface area contributed by atoms with Gasteiger partial charge in [-0.05, 0) is 42.7 Å². The molecular weight excluding hydrogens is 250 g/mol. The second-order valence-electron chi connectivity index (χ2n) is 5.14. The first-order valence-corrected chi connectivity index (χ1v) is 6.76. The average molecular weight is 267 g/mol. The molecule has 2 aromatic carbocycles. The largest absolute Gasteiger partial charge is 0.444 e. The first-order chi connectivity index (χ1) is 9.70. The number of hydrogen-bond acceptors (Lipinski definition) is 3. The number of nitrogens with zero attached hydrogens (tertiary/aromatic N) is 1. The second-order valence-corrected chi connectivity index (χ2v) is 5.14. The van der Waals surface area contributed by atoms with Crippen molar-refractivity contribution >= 4 is 17.8 Å². The zero-order valence-electron chi connectivity index (χ0n) is 11.7. The molecule has 0 aliphatic carbocycles. The highest BCUT2D eigenvalue weighted by Crippen LogP contribution is 2.40. The Morgan fingerprint density at radius 1 is 1.15 bits per heavy atom. The van der Waals surface area contributed by atoms with Crippen molar-refractivity contribution in [3.63, 3.8) is 0 Å². The van der Waals surface area contributed by atoms with Gasteiger partial charge in [0, 0.05) is 17.8 Å². The van der Waals surface area contributed by atoms with Gasteiger partial charge in [0.1, 0.15) is 0 Å². The fourth-order valence-corrected chi connectivity index (χ4v) is 2.81. The third-order valence-corrected chi connectivity index (χ3v) is 3.75. The van der Waals surface area contributed by atoms with Gasteiger partial charge >= 0.3 is 0 Å². The van der Waals surface area contributed by atoms with Crippen LogP contribution in [0.1, 0.15) is 23.6 Å². The van der Waals surface area contributed by atoms with E-state index in [-0.39, 0.29) is 6.23 Å². The molecule has 1 aliphatic rings. The lowest BCUT2D eigenvalue weighted by Gasteiger charge is -2.36. The molecule has 1 atom stereocenters. The summed E-state index contributed by atoms with van der Waals surface area (Å²) in [5.74, 6) is 0. The molecule has 2 aromatic rings. The van der Waals surface area contributed by atoms with Crippen LogP contribution in [0.3, 0.4) is 0 Å². The quantitative estimate of drug-likeness (QED) is 0.796. The fraction of sp³-hybridized carbons (Fsp3) is 0.235. The third-order valence-electron chi connectivity index (χ3n) is 3.75. The SMILES string of the molecule is Cc1ccc2c(c1)N(C(C)OC=O)c1ccccc1C2. The van der Waals surface area contributed by atoms with E-state index >= 15 is 0 Å². The molecule has 0 radical (unpaired) electrons. The van der Waals surface area contributed by atoms with Gasteiger partial charge < -0.3 is 9.64 Å². The van der Waals surface area contributed by atoms with Crippen LogP contribution in [0.5, 0.6) is 0 Å². The van der Waals surface area contributed by atoms with Gasteiger partial charge in [0.25, 0.3) is 6.47 Å². The summed E-state index contributed by atoms with van der Waals surface area (Å²) in [5.41, 5.74) is 5.95. The Morgan fingerprint density at radius 2 is 1.90 bits per heavy atom. The highest BCUT2D eigenvalue weighted by Gasteiger charge is 2.26. The predicted octanol–water partition coefficient (Wildman–Crippen LogP) is 3.56. The highest BCUT2D eigenvalue weighted by molar-refractivity contribution is 5.75. The Hall–Kier alpha value is -2.29. The average Bonchev–Trinajstić information content (AvgIpc) is 2.45. The van der Waals surface area contributed by atoms with Gasteiger partial charge in [-0.25, -0.2) is 0 Å². The van der Waals surface area contributed by atoms with Crippen LogP contribution in [0.2, 0.25) is 0 Å². The van der Waals surface area contributed by atoms with Crippen LogP contribution >= 0.6 is 0 Å². The summed E-state index contributed by atoms with van der Waals surface area (Å²) >= 11 is 0. The normalized spacial score (nSPS) is 14.2. The molecule has 0 saturated carbocycles. The Morgan fingerprint density at radius 3 is 2.70 bits per heavy atom. The number of fused-ring (bicyclic) bond motifs is 2.